The lowest BCUT2D eigenvalue weighted by atomic mass is 9.86. The molecule has 1 aromatic carbocycles. The minimum Gasteiger partial charge on any atom is -0.466 e. The highest BCUT2D eigenvalue weighted by molar-refractivity contribution is 5.78. The minimum absolute atomic E-state index is 0.0555. The Labute approximate surface area is 167 Å². The molecule has 0 bridgehead atoms. The van der Waals surface area contributed by atoms with Crippen molar-refractivity contribution in [2.45, 2.75) is 38.5 Å². The molecule has 30 heavy (non-hydrogen) atoms. The van der Waals surface area contributed by atoms with Crippen molar-refractivity contribution in [1.82, 2.24) is 4.98 Å². The summed E-state index contributed by atoms with van der Waals surface area (Å²) in [5.41, 5.74) is -1.42. The number of ether oxygens (including phenoxy) is 1. The molecule has 0 aliphatic carbocycles. The zero-order valence-corrected chi connectivity index (χ0v) is 16.0. The van der Waals surface area contributed by atoms with Crippen molar-refractivity contribution in [2.75, 3.05) is 6.61 Å². The fourth-order valence-electron chi connectivity index (χ4n) is 2.94. The first kappa shape index (κ1) is 23.5. The SMILES string of the molecule is CCOC(=O)C(c1ccc(Cc2cc(C(F)(F)F)c[nH]c2=O)cc1)C(C)C(F)(F)F. The molecule has 0 radical (unpaired) electrons. The van der Waals surface area contributed by atoms with Crippen LogP contribution in [0.15, 0.2) is 41.3 Å². The lowest BCUT2D eigenvalue weighted by molar-refractivity contribution is -0.185. The van der Waals surface area contributed by atoms with Gasteiger partial charge in [-0.25, -0.2) is 0 Å². The van der Waals surface area contributed by atoms with Crippen LogP contribution in [0, 0.1) is 5.92 Å². The van der Waals surface area contributed by atoms with E-state index in [1.807, 2.05) is 4.98 Å². The second kappa shape index (κ2) is 8.93. The summed E-state index contributed by atoms with van der Waals surface area (Å²) in [5.74, 6) is -4.62. The zero-order valence-electron chi connectivity index (χ0n) is 16.0. The molecule has 2 unspecified atom stereocenters. The maximum atomic E-state index is 13.2. The van der Waals surface area contributed by atoms with Crippen LogP contribution >= 0.6 is 0 Å². The molecule has 4 nitrogen and oxygen atoms in total. The van der Waals surface area contributed by atoms with Gasteiger partial charge in [-0.3, -0.25) is 9.59 Å². The highest BCUT2D eigenvalue weighted by atomic mass is 19.4. The van der Waals surface area contributed by atoms with Crippen molar-refractivity contribution in [1.29, 1.82) is 0 Å². The lowest BCUT2D eigenvalue weighted by Gasteiger charge is -2.25. The van der Waals surface area contributed by atoms with E-state index in [0.717, 1.165) is 13.0 Å². The number of pyridine rings is 1. The molecule has 1 heterocycles. The van der Waals surface area contributed by atoms with Gasteiger partial charge in [0.25, 0.3) is 5.56 Å². The fourth-order valence-corrected chi connectivity index (χ4v) is 2.94. The quantitative estimate of drug-likeness (QED) is 0.522. The minimum atomic E-state index is -4.64. The van der Waals surface area contributed by atoms with Crippen LogP contribution in [-0.4, -0.2) is 23.7 Å². The summed E-state index contributed by atoms with van der Waals surface area (Å²) in [6.07, 6.45) is -8.87. The third-order valence-electron chi connectivity index (χ3n) is 4.60. The number of carbonyl (C=O) groups excluding carboxylic acids is 1. The summed E-state index contributed by atoms with van der Waals surface area (Å²) < 4.78 is 82.8. The van der Waals surface area contributed by atoms with E-state index in [1.54, 1.807) is 0 Å². The summed E-state index contributed by atoms with van der Waals surface area (Å²) >= 11 is 0. The Balaban J connectivity index is 2.32. The summed E-state index contributed by atoms with van der Waals surface area (Å²) in [6.45, 7) is 2.26. The smallest absolute Gasteiger partial charge is 0.417 e. The number of hydrogen-bond donors (Lipinski definition) is 1. The number of aromatic amines is 1. The molecular formula is C20H19F6NO3. The number of nitrogens with one attached hydrogen (secondary N) is 1. The number of hydrogen-bond acceptors (Lipinski definition) is 3. The van der Waals surface area contributed by atoms with E-state index in [4.69, 9.17) is 4.74 Å². The van der Waals surface area contributed by atoms with Crippen LogP contribution in [0.25, 0.3) is 0 Å². The topological polar surface area (TPSA) is 59.2 Å². The Morgan fingerprint density at radius 3 is 2.20 bits per heavy atom. The van der Waals surface area contributed by atoms with Crippen LogP contribution < -0.4 is 5.56 Å². The normalized spacial score (nSPS) is 14.3. The van der Waals surface area contributed by atoms with Gasteiger partial charge in [-0.05, 0) is 24.1 Å². The van der Waals surface area contributed by atoms with Gasteiger partial charge < -0.3 is 9.72 Å². The van der Waals surface area contributed by atoms with Gasteiger partial charge in [0.1, 0.15) is 0 Å². The van der Waals surface area contributed by atoms with Gasteiger partial charge >= 0.3 is 18.3 Å². The molecule has 2 rings (SSSR count). The van der Waals surface area contributed by atoms with E-state index in [-0.39, 0.29) is 24.2 Å². The molecule has 1 N–H and O–H groups in total. The number of esters is 1. The zero-order chi connectivity index (χ0) is 22.7. The molecule has 10 heteroatoms. The van der Waals surface area contributed by atoms with Gasteiger partial charge in [0.05, 0.1) is 24.0 Å². The predicted octanol–water partition coefficient (Wildman–Crippen LogP) is 4.83. The second-order valence-electron chi connectivity index (χ2n) is 6.72. The Hall–Kier alpha value is -2.78. The molecule has 0 saturated heterocycles. The Morgan fingerprint density at radius 2 is 1.70 bits per heavy atom. The molecule has 0 amide bonds. The average molecular weight is 435 g/mol. The van der Waals surface area contributed by atoms with Crippen LogP contribution in [0.1, 0.15) is 42.0 Å². The van der Waals surface area contributed by atoms with Crippen molar-refractivity contribution in [2.24, 2.45) is 5.92 Å². The highest BCUT2D eigenvalue weighted by Gasteiger charge is 2.45. The van der Waals surface area contributed by atoms with Gasteiger partial charge in [-0.15, -0.1) is 0 Å². The van der Waals surface area contributed by atoms with E-state index in [0.29, 0.717) is 11.8 Å². The lowest BCUT2D eigenvalue weighted by Crippen LogP contribution is -2.32. The van der Waals surface area contributed by atoms with Crippen LogP contribution in [0.5, 0.6) is 0 Å². The number of carbonyl (C=O) groups is 1. The first-order valence-electron chi connectivity index (χ1n) is 8.95. The van der Waals surface area contributed by atoms with Crippen molar-refractivity contribution in [3.05, 3.63) is 69.1 Å². The van der Waals surface area contributed by atoms with E-state index in [1.165, 1.54) is 31.2 Å². The summed E-state index contributed by atoms with van der Waals surface area (Å²) in [4.78, 5) is 26.0. The van der Waals surface area contributed by atoms with E-state index in [2.05, 4.69) is 0 Å². The largest absolute Gasteiger partial charge is 0.466 e. The third kappa shape index (κ3) is 5.64. The van der Waals surface area contributed by atoms with Crippen molar-refractivity contribution < 1.29 is 35.9 Å². The standard InChI is InChI=1S/C20H19F6NO3/c1-3-30-18(29)16(11(2)19(21,22)23)13-6-4-12(5-7-13)8-14-9-15(20(24,25)26)10-27-17(14)28/h4-7,9-11,16H,3,8H2,1-2H3,(H,27,28). The van der Waals surface area contributed by atoms with Crippen LogP contribution in [0.2, 0.25) is 0 Å². The third-order valence-corrected chi connectivity index (χ3v) is 4.60. The molecule has 2 aromatic rings. The molecule has 164 valence electrons. The van der Waals surface area contributed by atoms with Gasteiger partial charge in [-0.2, -0.15) is 26.3 Å². The van der Waals surface area contributed by atoms with Gasteiger partial charge in [0.2, 0.25) is 0 Å². The molecule has 0 fully saturated rings. The highest BCUT2D eigenvalue weighted by Crippen LogP contribution is 2.38. The number of alkyl halides is 6. The monoisotopic (exact) mass is 435 g/mol. The van der Waals surface area contributed by atoms with E-state index >= 15 is 0 Å². The van der Waals surface area contributed by atoms with Crippen molar-refractivity contribution in [3.63, 3.8) is 0 Å². The van der Waals surface area contributed by atoms with Crippen LogP contribution in [0.3, 0.4) is 0 Å². The summed E-state index contributed by atoms with van der Waals surface area (Å²) in [6, 6.07) is 6.01. The molecule has 0 saturated carbocycles. The maximum absolute atomic E-state index is 13.2. The average Bonchev–Trinajstić information content (AvgIpc) is 2.63. The fraction of sp³-hybridized carbons (Fsp3) is 0.400. The molecule has 0 aliphatic heterocycles. The Bertz CT molecular complexity index is 931. The second-order valence-corrected chi connectivity index (χ2v) is 6.72. The van der Waals surface area contributed by atoms with Gasteiger partial charge in [0, 0.05) is 18.2 Å². The molecular weight excluding hydrogens is 416 g/mol. The van der Waals surface area contributed by atoms with Gasteiger partial charge in [0.15, 0.2) is 0 Å². The predicted molar refractivity (Wildman–Crippen MR) is 95.9 cm³/mol. The number of aromatic nitrogens is 1. The molecule has 0 spiro atoms. The maximum Gasteiger partial charge on any atom is 0.417 e. The number of rotatable bonds is 6. The van der Waals surface area contributed by atoms with Crippen LogP contribution in [-0.2, 0) is 22.1 Å². The van der Waals surface area contributed by atoms with E-state index in [9.17, 15) is 35.9 Å². The number of halogens is 6. The molecule has 1 aromatic heterocycles. The summed E-state index contributed by atoms with van der Waals surface area (Å²) in [5, 5.41) is 0. The Kier molecular flexibility index (Phi) is 6.99. The molecule has 2 atom stereocenters. The van der Waals surface area contributed by atoms with Gasteiger partial charge in [-0.1, -0.05) is 31.2 Å². The molecule has 0 aliphatic rings. The van der Waals surface area contributed by atoms with E-state index < -0.39 is 41.3 Å². The van der Waals surface area contributed by atoms with Crippen LogP contribution in [0.4, 0.5) is 26.3 Å². The summed E-state index contributed by atoms with van der Waals surface area (Å²) in [7, 11) is 0. The first-order chi connectivity index (χ1) is 13.8. The number of benzene rings is 1. The van der Waals surface area contributed by atoms with Crippen molar-refractivity contribution >= 4 is 5.97 Å². The Morgan fingerprint density at radius 1 is 1.10 bits per heavy atom. The first-order valence-corrected chi connectivity index (χ1v) is 8.95. The number of H-pyrrole nitrogens is 1. The van der Waals surface area contributed by atoms with Crippen molar-refractivity contribution in [3.8, 4) is 0 Å².